The third-order valence-corrected chi connectivity index (χ3v) is 2.58. The number of ether oxygens (including phenoxy) is 1. The summed E-state index contributed by atoms with van der Waals surface area (Å²) in [5.41, 5.74) is 7.19. The van der Waals surface area contributed by atoms with Gasteiger partial charge in [-0.15, -0.1) is 0 Å². The lowest BCUT2D eigenvalue weighted by Gasteiger charge is -2.11. The van der Waals surface area contributed by atoms with Crippen LogP contribution in [0.15, 0.2) is 53.7 Å². The van der Waals surface area contributed by atoms with Gasteiger partial charge in [-0.2, -0.15) is 0 Å². The summed E-state index contributed by atoms with van der Waals surface area (Å²) in [7, 11) is 0. The van der Waals surface area contributed by atoms with Crippen molar-refractivity contribution in [3.63, 3.8) is 0 Å². The minimum Gasteiger partial charge on any atom is -0.456 e. The second-order valence-corrected chi connectivity index (χ2v) is 3.85. The van der Waals surface area contributed by atoms with E-state index in [1.54, 1.807) is 18.2 Å². The van der Waals surface area contributed by atoms with Crippen LogP contribution >= 0.6 is 0 Å². The summed E-state index contributed by atoms with van der Waals surface area (Å²) in [6.45, 7) is 1.96. The average Bonchev–Trinajstić information content (AvgIpc) is 2.41. The topological polar surface area (TPSA) is 67.8 Å². The lowest BCUT2D eigenvalue weighted by Crippen LogP contribution is -2.14. The van der Waals surface area contributed by atoms with Crippen molar-refractivity contribution in [2.45, 2.75) is 6.92 Å². The summed E-state index contributed by atoms with van der Waals surface area (Å²) in [4.78, 5) is 0. The molecule has 2 aromatic carbocycles. The molecule has 0 amide bonds. The van der Waals surface area contributed by atoms with Gasteiger partial charge in [-0.3, -0.25) is 0 Å². The van der Waals surface area contributed by atoms with E-state index in [2.05, 4.69) is 5.16 Å². The first kappa shape index (κ1) is 12.0. The Kier molecular flexibility index (Phi) is 3.48. The van der Waals surface area contributed by atoms with Gasteiger partial charge in [0.15, 0.2) is 5.84 Å². The molecule has 3 N–H and O–H groups in total. The van der Waals surface area contributed by atoms with Crippen LogP contribution in [0.25, 0.3) is 0 Å². The van der Waals surface area contributed by atoms with E-state index in [0.29, 0.717) is 11.3 Å². The van der Waals surface area contributed by atoms with Crippen LogP contribution in [-0.2, 0) is 0 Å². The van der Waals surface area contributed by atoms with Crippen LogP contribution in [0.1, 0.15) is 11.1 Å². The monoisotopic (exact) mass is 242 g/mol. The minimum absolute atomic E-state index is 0.0270. The zero-order chi connectivity index (χ0) is 13.0. The third-order valence-electron chi connectivity index (χ3n) is 2.58. The number of hydrogen-bond donors (Lipinski definition) is 2. The third kappa shape index (κ3) is 2.43. The molecule has 0 saturated carbocycles. The zero-order valence-electron chi connectivity index (χ0n) is 10.00. The Morgan fingerprint density at radius 2 is 1.67 bits per heavy atom. The van der Waals surface area contributed by atoms with Gasteiger partial charge in [0.1, 0.15) is 11.5 Å². The quantitative estimate of drug-likeness (QED) is 0.376. The lowest BCUT2D eigenvalue weighted by molar-refractivity contribution is 0.318. The van der Waals surface area contributed by atoms with Crippen molar-refractivity contribution < 1.29 is 9.94 Å². The molecule has 0 unspecified atom stereocenters. The number of aryl methyl sites for hydroxylation is 1. The van der Waals surface area contributed by atoms with Crippen LogP contribution in [0.2, 0.25) is 0 Å². The molecular weight excluding hydrogens is 228 g/mol. The Balaban J connectivity index is 2.38. The molecule has 0 aliphatic heterocycles. The predicted molar refractivity (Wildman–Crippen MR) is 70.2 cm³/mol. The highest BCUT2D eigenvalue weighted by Crippen LogP contribution is 2.27. The fraction of sp³-hybridized carbons (Fsp3) is 0.0714. The Morgan fingerprint density at radius 3 is 2.33 bits per heavy atom. The van der Waals surface area contributed by atoms with Gasteiger partial charge in [-0.25, -0.2) is 0 Å². The molecule has 0 radical (unpaired) electrons. The summed E-state index contributed by atoms with van der Waals surface area (Å²) in [5, 5.41) is 11.7. The maximum Gasteiger partial charge on any atom is 0.173 e. The predicted octanol–water partition coefficient (Wildman–Crippen LogP) is 2.88. The molecule has 0 fully saturated rings. The second-order valence-electron chi connectivity index (χ2n) is 3.85. The van der Waals surface area contributed by atoms with Gasteiger partial charge in [-0.05, 0) is 30.7 Å². The second kappa shape index (κ2) is 5.23. The molecule has 0 bridgehead atoms. The highest BCUT2D eigenvalue weighted by molar-refractivity contribution is 5.99. The van der Waals surface area contributed by atoms with Crippen LogP contribution in [0.3, 0.4) is 0 Å². The first-order valence-electron chi connectivity index (χ1n) is 5.53. The summed E-state index contributed by atoms with van der Waals surface area (Å²) < 4.78 is 5.79. The van der Waals surface area contributed by atoms with Crippen LogP contribution in [0.5, 0.6) is 11.5 Å². The number of rotatable bonds is 3. The molecule has 0 aliphatic rings. The molecule has 0 aliphatic carbocycles. The summed E-state index contributed by atoms with van der Waals surface area (Å²) in [6, 6.07) is 14.8. The molecule has 0 saturated heterocycles. The smallest absolute Gasteiger partial charge is 0.173 e. The molecule has 4 heteroatoms. The van der Waals surface area contributed by atoms with Gasteiger partial charge in [0.05, 0.1) is 5.56 Å². The van der Waals surface area contributed by atoms with Crippen LogP contribution in [-0.4, -0.2) is 11.0 Å². The molecular formula is C14H14N2O2. The number of para-hydroxylation sites is 2. The van der Waals surface area contributed by atoms with Crippen molar-refractivity contribution in [2.75, 3.05) is 0 Å². The van der Waals surface area contributed by atoms with Crippen molar-refractivity contribution in [2.24, 2.45) is 10.9 Å². The van der Waals surface area contributed by atoms with Crippen molar-refractivity contribution in [3.8, 4) is 11.5 Å². The fourth-order valence-corrected chi connectivity index (χ4v) is 1.61. The van der Waals surface area contributed by atoms with E-state index in [9.17, 15) is 0 Å². The molecule has 18 heavy (non-hydrogen) atoms. The van der Waals surface area contributed by atoms with Gasteiger partial charge in [0.2, 0.25) is 0 Å². The van der Waals surface area contributed by atoms with Crippen LogP contribution in [0, 0.1) is 6.92 Å². The number of nitrogens with two attached hydrogens (primary N) is 1. The molecule has 0 heterocycles. The van der Waals surface area contributed by atoms with E-state index in [0.717, 1.165) is 11.3 Å². The molecule has 0 spiro atoms. The fourth-order valence-electron chi connectivity index (χ4n) is 1.61. The van der Waals surface area contributed by atoms with E-state index in [1.165, 1.54) is 0 Å². The summed E-state index contributed by atoms with van der Waals surface area (Å²) >= 11 is 0. The Morgan fingerprint density at radius 1 is 1.06 bits per heavy atom. The SMILES string of the molecule is Cc1ccccc1Oc1ccccc1/C(N)=N/O. The van der Waals surface area contributed by atoms with E-state index in [4.69, 9.17) is 15.7 Å². The number of nitrogens with zero attached hydrogens (tertiary/aromatic N) is 1. The molecule has 0 aromatic heterocycles. The van der Waals surface area contributed by atoms with Crippen molar-refractivity contribution >= 4 is 5.84 Å². The minimum atomic E-state index is 0.0270. The first-order chi connectivity index (χ1) is 8.72. The van der Waals surface area contributed by atoms with Gasteiger partial charge in [-0.1, -0.05) is 35.5 Å². The van der Waals surface area contributed by atoms with E-state index < -0.39 is 0 Å². The lowest BCUT2D eigenvalue weighted by atomic mass is 10.2. The van der Waals surface area contributed by atoms with Crippen LogP contribution in [0.4, 0.5) is 0 Å². The number of oxime groups is 1. The van der Waals surface area contributed by atoms with Gasteiger partial charge in [0.25, 0.3) is 0 Å². The van der Waals surface area contributed by atoms with E-state index in [-0.39, 0.29) is 5.84 Å². The first-order valence-corrected chi connectivity index (χ1v) is 5.53. The van der Waals surface area contributed by atoms with Crippen molar-refractivity contribution in [3.05, 3.63) is 59.7 Å². The van der Waals surface area contributed by atoms with E-state index >= 15 is 0 Å². The summed E-state index contributed by atoms with van der Waals surface area (Å²) in [6.07, 6.45) is 0. The maximum atomic E-state index is 8.74. The molecule has 92 valence electrons. The Labute approximate surface area is 105 Å². The van der Waals surface area contributed by atoms with Crippen molar-refractivity contribution in [1.29, 1.82) is 0 Å². The van der Waals surface area contributed by atoms with Crippen molar-refractivity contribution in [1.82, 2.24) is 0 Å². The Hall–Kier alpha value is -2.49. The molecule has 0 atom stereocenters. The normalized spacial score (nSPS) is 11.3. The van der Waals surface area contributed by atoms with Gasteiger partial charge in [0, 0.05) is 0 Å². The maximum absolute atomic E-state index is 8.74. The zero-order valence-corrected chi connectivity index (χ0v) is 10.00. The van der Waals surface area contributed by atoms with E-state index in [1.807, 2.05) is 37.3 Å². The largest absolute Gasteiger partial charge is 0.456 e. The highest BCUT2D eigenvalue weighted by Gasteiger charge is 2.09. The highest BCUT2D eigenvalue weighted by atomic mass is 16.5. The Bertz CT molecular complexity index is 580. The number of hydrogen-bond acceptors (Lipinski definition) is 3. The standard InChI is InChI=1S/C14H14N2O2/c1-10-6-2-4-8-12(10)18-13-9-5-3-7-11(13)14(15)16-17/h2-9,17H,1H3,(H2,15,16). The van der Waals surface area contributed by atoms with Crippen LogP contribution < -0.4 is 10.5 Å². The van der Waals surface area contributed by atoms with Gasteiger partial charge >= 0.3 is 0 Å². The molecule has 2 rings (SSSR count). The summed E-state index contributed by atoms with van der Waals surface area (Å²) in [5.74, 6) is 1.33. The molecule has 2 aromatic rings. The number of amidine groups is 1. The number of benzene rings is 2. The average molecular weight is 242 g/mol. The van der Waals surface area contributed by atoms with Gasteiger partial charge < -0.3 is 15.7 Å². The molecule has 4 nitrogen and oxygen atoms in total.